The van der Waals surface area contributed by atoms with Crippen molar-refractivity contribution < 1.29 is 14.2 Å². The third-order valence-corrected chi connectivity index (χ3v) is 3.17. The van der Waals surface area contributed by atoms with E-state index in [1.54, 1.807) is 7.11 Å². The van der Waals surface area contributed by atoms with Crippen LogP contribution in [0.2, 0.25) is 0 Å². The molecular formula is C18H23NO3. The Morgan fingerprint density at radius 3 is 1.95 bits per heavy atom. The van der Waals surface area contributed by atoms with E-state index in [2.05, 4.69) is 0 Å². The smallest absolute Gasteiger partial charge is 0.119 e. The second kappa shape index (κ2) is 7.71. The summed E-state index contributed by atoms with van der Waals surface area (Å²) in [5.41, 5.74) is 7.18. The lowest BCUT2D eigenvalue weighted by Crippen LogP contribution is -2.19. The van der Waals surface area contributed by atoms with Crippen molar-refractivity contribution >= 4 is 0 Å². The summed E-state index contributed by atoms with van der Waals surface area (Å²) in [4.78, 5) is 0. The molecule has 0 spiro atoms. The van der Waals surface area contributed by atoms with Gasteiger partial charge in [-0.05, 0) is 55.8 Å². The van der Waals surface area contributed by atoms with Crippen LogP contribution in [-0.2, 0) is 0 Å². The molecule has 0 aromatic heterocycles. The summed E-state index contributed by atoms with van der Waals surface area (Å²) in [6.07, 6.45) is 0.165. The van der Waals surface area contributed by atoms with E-state index in [1.165, 1.54) is 0 Å². The van der Waals surface area contributed by atoms with Gasteiger partial charge in [-0.15, -0.1) is 0 Å². The van der Waals surface area contributed by atoms with Gasteiger partial charge < -0.3 is 19.9 Å². The highest BCUT2D eigenvalue weighted by molar-refractivity contribution is 5.32. The number of benzene rings is 2. The minimum absolute atomic E-state index is 0.165. The Bertz CT molecular complexity index is 564. The average molecular weight is 301 g/mol. The lowest BCUT2D eigenvalue weighted by molar-refractivity contribution is 0.242. The molecule has 4 heteroatoms. The summed E-state index contributed by atoms with van der Waals surface area (Å²) < 4.78 is 16.4. The van der Waals surface area contributed by atoms with Crippen LogP contribution in [0.15, 0.2) is 48.5 Å². The predicted molar refractivity (Wildman–Crippen MR) is 87.6 cm³/mol. The molecule has 118 valence electrons. The van der Waals surface area contributed by atoms with E-state index in [1.807, 2.05) is 62.4 Å². The Morgan fingerprint density at radius 1 is 0.864 bits per heavy atom. The van der Waals surface area contributed by atoms with Crippen molar-refractivity contribution in [1.82, 2.24) is 0 Å². The summed E-state index contributed by atoms with van der Waals surface area (Å²) in [5, 5.41) is 0. The summed E-state index contributed by atoms with van der Waals surface area (Å²) in [5.74, 6) is 2.43. The topological polar surface area (TPSA) is 53.7 Å². The largest absolute Gasteiger partial charge is 0.497 e. The molecule has 0 aliphatic carbocycles. The van der Waals surface area contributed by atoms with Gasteiger partial charge in [0.1, 0.15) is 23.9 Å². The highest BCUT2D eigenvalue weighted by atomic mass is 16.5. The lowest BCUT2D eigenvalue weighted by atomic mass is 10.1. The first kappa shape index (κ1) is 16.2. The maximum atomic E-state index is 6.16. The van der Waals surface area contributed by atoms with Crippen LogP contribution >= 0.6 is 0 Å². The molecule has 0 aliphatic rings. The first-order chi connectivity index (χ1) is 10.6. The number of hydrogen-bond donors (Lipinski definition) is 1. The third-order valence-electron chi connectivity index (χ3n) is 3.17. The van der Waals surface area contributed by atoms with Gasteiger partial charge in [-0.1, -0.05) is 12.1 Å². The van der Waals surface area contributed by atoms with Crippen molar-refractivity contribution in [2.45, 2.75) is 26.0 Å². The van der Waals surface area contributed by atoms with Crippen LogP contribution in [0.4, 0.5) is 0 Å². The number of rotatable bonds is 7. The van der Waals surface area contributed by atoms with Crippen molar-refractivity contribution in [2.24, 2.45) is 5.73 Å². The van der Waals surface area contributed by atoms with Gasteiger partial charge in [-0.25, -0.2) is 0 Å². The minimum atomic E-state index is -0.185. The molecule has 0 saturated heterocycles. The number of hydrogen-bond acceptors (Lipinski definition) is 4. The Balaban J connectivity index is 1.89. The van der Waals surface area contributed by atoms with Crippen molar-refractivity contribution in [1.29, 1.82) is 0 Å². The Hall–Kier alpha value is -2.20. The maximum Gasteiger partial charge on any atom is 0.119 e. The van der Waals surface area contributed by atoms with Gasteiger partial charge >= 0.3 is 0 Å². The molecule has 2 aromatic rings. The number of methoxy groups -OCH3 is 1. The van der Waals surface area contributed by atoms with Crippen LogP contribution in [-0.4, -0.2) is 19.8 Å². The molecule has 1 atom stereocenters. The van der Waals surface area contributed by atoms with E-state index in [-0.39, 0.29) is 12.1 Å². The summed E-state index contributed by atoms with van der Waals surface area (Å²) in [6.45, 7) is 4.42. The number of ether oxygens (including phenoxy) is 3. The molecule has 0 fully saturated rings. The fourth-order valence-electron chi connectivity index (χ4n) is 2.02. The Morgan fingerprint density at radius 2 is 1.41 bits per heavy atom. The SMILES string of the molecule is COc1ccc(OCC(N)c2ccc(OC(C)C)cc2)cc1. The van der Waals surface area contributed by atoms with E-state index in [0.29, 0.717) is 6.61 Å². The molecule has 0 bridgehead atoms. The molecule has 2 N–H and O–H groups in total. The second-order valence-corrected chi connectivity index (χ2v) is 5.33. The van der Waals surface area contributed by atoms with Crippen LogP contribution in [0.1, 0.15) is 25.5 Å². The van der Waals surface area contributed by atoms with E-state index < -0.39 is 0 Å². The first-order valence-corrected chi connectivity index (χ1v) is 7.37. The molecule has 22 heavy (non-hydrogen) atoms. The molecule has 1 unspecified atom stereocenters. The van der Waals surface area contributed by atoms with Crippen LogP contribution in [0.5, 0.6) is 17.2 Å². The molecule has 2 rings (SSSR count). The molecule has 0 radical (unpaired) electrons. The Labute approximate surface area is 131 Å². The quantitative estimate of drug-likeness (QED) is 0.849. The molecule has 0 amide bonds. The highest BCUT2D eigenvalue weighted by Crippen LogP contribution is 2.20. The highest BCUT2D eigenvalue weighted by Gasteiger charge is 2.08. The van der Waals surface area contributed by atoms with Crippen molar-refractivity contribution in [3.8, 4) is 17.2 Å². The molecular weight excluding hydrogens is 278 g/mol. The zero-order chi connectivity index (χ0) is 15.9. The van der Waals surface area contributed by atoms with Crippen LogP contribution in [0.25, 0.3) is 0 Å². The van der Waals surface area contributed by atoms with E-state index in [9.17, 15) is 0 Å². The van der Waals surface area contributed by atoms with Crippen LogP contribution < -0.4 is 19.9 Å². The van der Waals surface area contributed by atoms with Crippen molar-refractivity contribution in [3.05, 3.63) is 54.1 Å². The third kappa shape index (κ3) is 4.67. The summed E-state index contributed by atoms with van der Waals surface area (Å²) in [7, 11) is 1.64. The standard InChI is InChI=1S/C18H23NO3/c1-13(2)22-17-6-4-14(5-7-17)18(19)12-21-16-10-8-15(20-3)9-11-16/h4-11,13,18H,12,19H2,1-3H3. The van der Waals surface area contributed by atoms with Gasteiger partial charge in [0.05, 0.1) is 19.3 Å². The monoisotopic (exact) mass is 301 g/mol. The lowest BCUT2D eigenvalue weighted by Gasteiger charge is -2.15. The van der Waals surface area contributed by atoms with Gasteiger partial charge in [0.25, 0.3) is 0 Å². The summed E-state index contributed by atoms with van der Waals surface area (Å²) >= 11 is 0. The molecule has 0 saturated carbocycles. The van der Waals surface area contributed by atoms with Crippen molar-refractivity contribution in [2.75, 3.05) is 13.7 Å². The van der Waals surface area contributed by atoms with Gasteiger partial charge in [-0.2, -0.15) is 0 Å². The summed E-state index contributed by atoms with van der Waals surface area (Å²) in [6, 6.07) is 15.1. The average Bonchev–Trinajstić information content (AvgIpc) is 2.53. The number of nitrogens with two attached hydrogens (primary N) is 1. The molecule has 0 aliphatic heterocycles. The molecule has 2 aromatic carbocycles. The van der Waals surface area contributed by atoms with E-state index >= 15 is 0 Å². The predicted octanol–water partition coefficient (Wildman–Crippen LogP) is 3.56. The van der Waals surface area contributed by atoms with Crippen LogP contribution in [0.3, 0.4) is 0 Å². The maximum absolute atomic E-state index is 6.16. The van der Waals surface area contributed by atoms with E-state index in [4.69, 9.17) is 19.9 Å². The fourth-order valence-corrected chi connectivity index (χ4v) is 2.02. The zero-order valence-corrected chi connectivity index (χ0v) is 13.3. The second-order valence-electron chi connectivity index (χ2n) is 5.33. The first-order valence-electron chi connectivity index (χ1n) is 7.37. The fraction of sp³-hybridized carbons (Fsp3) is 0.333. The normalized spacial score (nSPS) is 12.0. The Kier molecular flexibility index (Phi) is 5.67. The van der Waals surface area contributed by atoms with Crippen molar-refractivity contribution in [3.63, 3.8) is 0 Å². The zero-order valence-electron chi connectivity index (χ0n) is 13.3. The van der Waals surface area contributed by atoms with Gasteiger partial charge in [0, 0.05) is 0 Å². The van der Waals surface area contributed by atoms with Gasteiger partial charge in [0.15, 0.2) is 0 Å². The van der Waals surface area contributed by atoms with Gasteiger partial charge in [-0.3, -0.25) is 0 Å². The van der Waals surface area contributed by atoms with Gasteiger partial charge in [0.2, 0.25) is 0 Å². The van der Waals surface area contributed by atoms with E-state index in [0.717, 1.165) is 22.8 Å². The van der Waals surface area contributed by atoms with Crippen LogP contribution in [0, 0.1) is 0 Å². The minimum Gasteiger partial charge on any atom is -0.497 e. The molecule has 0 heterocycles. The molecule has 4 nitrogen and oxygen atoms in total.